The molecule has 1 aromatic heterocycles. The second kappa shape index (κ2) is 8.71. The molecule has 0 amide bonds. The summed E-state index contributed by atoms with van der Waals surface area (Å²) in [5.74, 6) is 0. The third kappa shape index (κ3) is 5.22. The summed E-state index contributed by atoms with van der Waals surface area (Å²) in [4.78, 5) is 3.05. The first-order valence-electron chi connectivity index (χ1n) is 7.13. The average Bonchev–Trinajstić information content (AvgIpc) is 2.82. The number of hydrogen-bond donors (Lipinski definition) is 1. The molecule has 1 N–H and O–H groups in total. The van der Waals surface area contributed by atoms with Gasteiger partial charge in [0.15, 0.2) is 0 Å². The Morgan fingerprint density at radius 3 is 2.53 bits per heavy atom. The monoisotopic (exact) mass is 253 g/mol. The molecule has 0 aliphatic rings. The maximum atomic E-state index is 3.69. The van der Waals surface area contributed by atoms with Crippen LogP contribution < -0.4 is 5.32 Å². The van der Waals surface area contributed by atoms with Crippen LogP contribution in [0.5, 0.6) is 0 Å². The van der Waals surface area contributed by atoms with Crippen LogP contribution in [-0.2, 0) is 6.42 Å². The highest BCUT2D eigenvalue weighted by molar-refractivity contribution is 7.12. The number of hydrogen-bond acceptors (Lipinski definition) is 2. The van der Waals surface area contributed by atoms with E-state index in [1.165, 1.54) is 48.3 Å². The first-order valence-corrected chi connectivity index (χ1v) is 7.95. The van der Waals surface area contributed by atoms with Gasteiger partial charge in [0.2, 0.25) is 0 Å². The van der Waals surface area contributed by atoms with Gasteiger partial charge in [-0.1, -0.05) is 40.0 Å². The van der Waals surface area contributed by atoms with E-state index in [-0.39, 0.29) is 0 Å². The lowest BCUT2D eigenvalue weighted by Gasteiger charge is -2.16. The van der Waals surface area contributed by atoms with Crippen molar-refractivity contribution in [1.29, 1.82) is 0 Å². The fourth-order valence-corrected chi connectivity index (χ4v) is 3.10. The third-order valence-electron chi connectivity index (χ3n) is 3.11. The van der Waals surface area contributed by atoms with Crippen LogP contribution in [0.4, 0.5) is 0 Å². The molecule has 0 radical (unpaired) electrons. The van der Waals surface area contributed by atoms with Crippen LogP contribution in [0.2, 0.25) is 0 Å². The second-order valence-corrected chi connectivity index (χ2v) is 5.86. The molecule has 0 saturated carbocycles. The van der Waals surface area contributed by atoms with Crippen LogP contribution in [0.15, 0.2) is 12.1 Å². The van der Waals surface area contributed by atoms with E-state index in [1.54, 1.807) is 0 Å². The third-order valence-corrected chi connectivity index (χ3v) is 4.45. The summed E-state index contributed by atoms with van der Waals surface area (Å²) >= 11 is 1.99. The minimum absolute atomic E-state index is 0.590. The molecule has 0 bridgehead atoms. The quantitative estimate of drug-likeness (QED) is 0.615. The molecule has 1 nitrogen and oxygen atoms in total. The van der Waals surface area contributed by atoms with Gasteiger partial charge in [0.25, 0.3) is 0 Å². The Bertz CT molecular complexity index is 293. The zero-order chi connectivity index (χ0) is 12.5. The van der Waals surface area contributed by atoms with E-state index >= 15 is 0 Å². The van der Waals surface area contributed by atoms with Gasteiger partial charge in [0.05, 0.1) is 0 Å². The maximum absolute atomic E-state index is 3.69. The molecule has 1 heterocycles. The predicted molar refractivity (Wildman–Crippen MR) is 78.9 cm³/mol. The molecule has 0 saturated heterocycles. The summed E-state index contributed by atoms with van der Waals surface area (Å²) in [6, 6.07) is 5.20. The van der Waals surface area contributed by atoms with Gasteiger partial charge in [0.1, 0.15) is 0 Å². The molecule has 1 rings (SSSR count). The molecular formula is C15H27NS. The molecule has 0 fully saturated rings. The van der Waals surface area contributed by atoms with Crippen molar-refractivity contribution in [2.75, 3.05) is 6.54 Å². The van der Waals surface area contributed by atoms with Crippen molar-refractivity contribution in [2.24, 2.45) is 0 Å². The van der Waals surface area contributed by atoms with Crippen LogP contribution in [0.25, 0.3) is 0 Å². The smallest absolute Gasteiger partial charge is 0.0414 e. The number of aryl methyl sites for hydroxylation is 1. The molecule has 2 heteroatoms. The number of nitrogens with one attached hydrogen (secondary N) is 1. The summed E-state index contributed by atoms with van der Waals surface area (Å²) < 4.78 is 0. The van der Waals surface area contributed by atoms with E-state index in [0.29, 0.717) is 6.04 Å². The normalized spacial score (nSPS) is 12.9. The lowest BCUT2D eigenvalue weighted by molar-refractivity contribution is 0.480. The highest BCUT2D eigenvalue weighted by atomic mass is 32.1. The van der Waals surface area contributed by atoms with Crippen molar-refractivity contribution in [3.63, 3.8) is 0 Å². The topological polar surface area (TPSA) is 12.0 Å². The van der Waals surface area contributed by atoms with E-state index in [4.69, 9.17) is 0 Å². The Balaban J connectivity index is 2.54. The SMILES string of the molecule is CCCCCC(NCCC)c1ccc(CC)s1. The van der Waals surface area contributed by atoms with E-state index in [9.17, 15) is 0 Å². The highest BCUT2D eigenvalue weighted by Gasteiger charge is 2.12. The van der Waals surface area contributed by atoms with Gasteiger partial charge in [-0.15, -0.1) is 11.3 Å². The van der Waals surface area contributed by atoms with E-state index in [2.05, 4.69) is 38.2 Å². The Kier molecular flexibility index (Phi) is 7.54. The summed E-state index contributed by atoms with van der Waals surface area (Å²) in [5.41, 5.74) is 0. The number of unbranched alkanes of at least 4 members (excludes halogenated alkanes) is 2. The first kappa shape index (κ1) is 14.7. The van der Waals surface area contributed by atoms with Crippen molar-refractivity contribution < 1.29 is 0 Å². The zero-order valence-electron chi connectivity index (χ0n) is 11.6. The Hall–Kier alpha value is -0.340. The van der Waals surface area contributed by atoms with Crippen molar-refractivity contribution in [3.05, 3.63) is 21.9 Å². The van der Waals surface area contributed by atoms with Crippen molar-refractivity contribution in [2.45, 2.75) is 65.3 Å². The minimum Gasteiger partial charge on any atom is -0.309 e. The largest absolute Gasteiger partial charge is 0.309 e. The van der Waals surface area contributed by atoms with Gasteiger partial charge < -0.3 is 5.32 Å². The van der Waals surface area contributed by atoms with E-state index in [0.717, 1.165) is 6.54 Å². The number of thiophene rings is 1. The fraction of sp³-hybridized carbons (Fsp3) is 0.733. The van der Waals surface area contributed by atoms with Gasteiger partial charge in [-0.2, -0.15) is 0 Å². The average molecular weight is 253 g/mol. The minimum atomic E-state index is 0.590. The molecule has 1 aromatic rings. The molecule has 1 unspecified atom stereocenters. The molecule has 98 valence electrons. The van der Waals surface area contributed by atoms with Crippen molar-refractivity contribution >= 4 is 11.3 Å². The summed E-state index contributed by atoms with van der Waals surface area (Å²) in [6.45, 7) is 7.88. The molecule has 1 atom stereocenters. The Labute approximate surface area is 111 Å². The summed E-state index contributed by atoms with van der Waals surface area (Å²) in [5, 5.41) is 3.69. The highest BCUT2D eigenvalue weighted by Crippen LogP contribution is 2.27. The van der Waals surface area contributed by atoms with Gasteiger partial charge in [-0.05, 0) is 37.9 Å². The van der Waals surface area contributed by atoms with Crippen LogP contribution in [0, 0.1) is 0 Å². The second-order valence-electron chi connectivity index (χ2n) is 4.66. The van der Waals surface area contributed by atoms with Gasteiger partial charge in [-0.25, -0.2) is 0 Å². The predicted octanol–water partition coefficient (Wildman–Crippen LogP) is 4.93. The molecular weight excluding hydrogens is 226 g/mol. The molecule has 0 aliphatic heterocycles. The molecule has 17 heavy (non-hydrogen) atoms. The summed E-state index contributed by atoms with van der Waals surface area (Å²) in [7, 11) is 0. The lowest BCUT2D eigenvalue weighted by atomic mass is 10.1. The van der Waals surface area contributed by atoms with Crippen LogP contribution in [0.1, 0.15) is 68.7 Å². The van der Waals surface area contributed by atoms with E-state index in [1.807, 2.05) is 11.3 Å². The zero-order valence-corrected chi connectivity index (χ0v) is 12.4. The van der Waals surface area contributed by atoms with Crippen LogP contribution in [0.3, 0.4) is 0 Å². The number of rotatable bonds is 9. The lowest BCUT2D eigenvalue weighted by Crippen LogP contribution is -2.21. The molecule has 0 spiro atoms. The van der Waals surface area contributed by atoms with Gasteiger partial charge >= 0.3 is 0 Å². The van der Waals surface area contributed by atoms with Gasteiger partial charge in [-0.3, -0.25) is 0 Å². The fourth-order valence-electron chi connectivity index (χ4n) is 2.03. The van der Waals surface area contributed by atoms with Crippen molar-refractivity contribution in [1.82, 2.24) is 5.32 Å². The Morgan fingerprint density at radius 2 is 1.94 bits per heavy atom. The Morgan fingerprint density at radius 1 is 1.12 bits per heavy atom. The van der Waals surface area contributed by atoms with E-state index < -0.39 is 0 Å². The van der Waals surface area contributed by atoms with Crippen LogP contribution in [-0.4, -0.2) is 6.54 Å². The molecule has 0 aliphatic carbocycles. The standard InChI is InChI=1S/C15H27NS/c1-4-7-8-9-14(16-12-5-2)15-11-10-13(6-3)17-15/h10-11,14,16H,4-9,12H2,1-3H3. The maximum Gasteiger partial charge on any atom is 0.0414 e. The van der Waals surface area contributed by atoms with Gasteiger partial charge in [0, 0.05) is 15.8 Å². The molecule has 0 aromatic carbocycles. The van der Waals surface area contributed by atoms with Crippen LogP contribution >= 0.6 is 11.3 Å². The first-order chi connectivity index (χ1) is 8.31. The van der Waals surface area contributed by atoms with Crippen molar-refractivity contribution in [3.8, 4) is 0 Å². The summed E-state index contributed by atoms with van der Waals surface area (Å²) in [6.07, 6.45) is 7.69.